The standard InChI is InChI=1S/C14H18N2OS/c1-9-4-5-11(17-9)13-16-10(2)12(18-13)14(6-7-14)8-15-3/h4-5,15H,6-8H2,1-3H3. The highest BCUT2D eigenvalue weighted by atomic mass is 32.1. The summed E-state index contributed by atoms with van der Waals surface area (Å²) in [6, 6.07) is 4.00. The lowest BCUT2D eigenvalue weighted by molar-refractivity contribution is 0.548. The molecule has 1 N–H and O–H groups in total. The van der Waals surface area contributed by atoms with Crippen LogP contribution in [0.15, 0.2) is 16.5 Å². The molecule has 3 nitrogen and oxygen atoms in total. The summed E-state index contributed by atoms with van der Waals surface area (Å²) < 4.78 is 5.66. The predicted molar refractivity (Wildman–Crippen MR) is 74.1 cm³/mol. The van der Waals surface area contributed by atoms with Gasteiger partial charge in [-0.2, -0.15) is 0 Å². The molecular formula is C14H18N2OS. The van der Waals surface area contributed by atoms with E-state index < -0.39 is 0 Å². The van der Waals surface area contributed by atoms with Crippen LogP contribution < -0.4 is 5.32 Å². The van der Waals surface area contributed by atoms with Crippen molar-refractivity contribution in [1.29, 1.82) is 0 Å². The number of hydrogen-bond donors (Lipinski definition) is 1. The van der Waals surface area contributed by atoms with E-state index in [0.29, 0.717) is 5.41 Å². The summed E-state index contributed by atoms with van der Waals surface area (Å²) in [5, 5.41) is 4.32. The first kappa shape index (κ1) is 11.9. The molecule has 3 rings (SSSR count). The first-order chi connectivity index (χ1) is 8.64. The second-order valence-electron chi connectivity index (χ2n) is 5.15. The third-order valence-electron chi connectivity index (χ3n) is 3.60. The molecule has 0 spiro atoms. The summed E-state index contributed by atoms with van der Waals surface area (Å²) in [6.07, 6.45) is 2.54. The zero-order valence-electron chi connectivity index (χ0n) is 11.0. The Morgan fingerprint density at radius 3 is 2.72 bits per heavy atom. The van der Waals surface area contributed by atoms with Gasteiger partial charge in [0.05, 0.1) is 5.69 Å². The van der Waals surface area contributed by atoms with Crippen molar-refractivity contribution in [2.24, 2.45) is 0 Å². The SMILES string of the molecule is CNCC1(c2sc(-c3ccc(C)o3)nc2C)CC1. The fourth-order valence-electron chi connectivity index (χ4n) is 2.52. The Hall–Kier alpha value is -1.13. The summed E-state index contributed by atoms with van der Waals surface area (Å²) in [7, 11) is 2.02. The monoisotopic (exact) mass is 262 g/mol. The lowest BCUT2D eigenvalue weighted by Crippen LogP contribution is -2.23. The van der Waals surface area contributed by atoms with E-state index in [0.717, 1.165) is 28.8 Å². The number of rotatable bonds is 4. The minimum atomic E-state index is 0.344. The van der Waals surface area contributed by atoms with Gasteiger partial charge < -0.3 is 9.73 Å². The van der Waals surface area contributed by atoms with E-state index in [9.17, 15) is 0 Å². The minimum Gasteiger partial charge on any atom is -0.459 e. The molecule has 1 aliphatic rings. The third-order valence-corrected chi connectivity index (χ3v) is 5.02. The fourth-order valence-corrected chi connectivity index (χ4v) is 3.79. The number of nitrogens with zero attached hydrogens (tertiary/aromatic N) is 1. The lowest BCUT2D eigenvalue weighted by Gasteiger charge is -2.12. The fraction of sp³-hybridized carbons (Fsp3) is 0.500. The van der Waals surface area contributed by atoms with Gasteiger partial charge in [-0.3, -0.25) is 0 Å². The maximum Gasteiger partial charge on any atom is 0.162 e. The molecule has 0 amide bonds. The second-order valence-corrected chi connectivity index (χ2v) is 6.15. The topological polar surface area (TPSA) is 38.1 Å². The van der Waals surface area contributed by atoms with Crippen molar-refractivity contribution < 1.29 is 4.42 Å². The summed E-state index contributed by atoms with van der Waals surface area (Å²) >= 11 is 1.79. The van der Waals surface area contributed by atoms with E-state index in [-0.39, 0.29) is 0 Å². The average Bonchev–Trinajstić information content (AvgIpc) is 2.80. The van der Waals surface area contributed by atoms with Crippen molar-refractivity contribution in [3.8, 4) is 10.8 Å². The molecule has 2 heterocycles. The van der Waals surface area contributed by atoms with Crippen LogP contribution in [0.4, 0.5) is 0 Å². The summed E-state index contributed by atoms with van der Waals surface area (Å²) in [4.78, 5) is 6.11. The zero-order chi connectivity index (χ0) is 12.8. The van der Waals surface area contributed by atoms with Gasteiger partial charge in [0.1, 0.15) is 5.76 Å². The lowest BCUT2D eigenvalue weighted by atomic mass is 10.0. The highest BCUT2D eigenvalue weighted by Crippen LogP contribution is 2.51. The number of nitrogens with one attached hydrogen (secondary N) is 1. The maximum atomic E-state index is 5.66. The number of furan rings is 1. The Kier molecular flexibility index (Phi) is 2.79. The smallest absolute Gasteiger partial charge is 0.162 e. The number of thiazole rings is 1. The van der Waals surface area contributed by atoms with Crippen molar-refractivity contribution >= 4 is 11.3 Å². The zero-order valence-corrected chi connectivity index (χ0v) is 11.9. The number of aromatic nitrogens is 1. The Balaban J connectivity index is 1.96. The Bertz CT molecular complexity index is 566. The van der Waals surface area contributed by atoms with Gasteiger partial charge >= 0.3 is 0 Å². The quantitative estimate of drug-likeness (QED) is 0.919. The number of likely N-dealkylation sites (N-methyl/N-ethyl adjacent to an activating group) is 1. The van der Waals surface area contributed by atoms with Gasteiger partial charge in [-0.15, -0.1) is 11.3 Å². The maximum absolute atomic E-state index is 5.66. The van der Waals surface area contributed by atoms with Crippen LogP contribution in [0.3, 0.4) is 0 Å². The van der Waals surface area contributed by atoms with E-state index in [2.05, 4.69) is 17.2 Å². The van der Waals surface area contributed by atoms with E-state index in [4.69, 9.17) is 4.42 Å². The van der Waals surface area contributed by atoms with Gasteiger partial charge in [-0.1, -0.05) is 0 Å². The highest BCUT2D eigenvalue weighted by Gasteiger charge is 2.46. The predicted octanol–water partition coefficient (Wildman–Crippen LogP) is 3.27. The average molecular weight is 262 g/mol. The van der Waals surface area contributed by atoms with Gasteiger partial charge in [-0.05, 0) is 45.9 Å². The molecule has 4 heteroatoms. The molecule has 0 aliphatic heterocycles. The molecule has 2 aromatic rings. The van der Waals surface area contributed by atoms with Gasteiger partial charge in [0.2, 0.25) is 0 Å². The Morgan fingerprint density at radius 2 is 2.17 bits per heavy atom. The van der Waals surface area contributed by atoms with Crippen molar-refractivity contribution in [3.05, 3.63) is 28.5 Å². The van der Waals surface area contributed by atoms with Crippen molar-refractivity contribution in [1.82, 2.24) is 10.3 Å². The highest BCUT2D eigenvalue weighted by molar-refractivity contribution is 7.15. The molecule has 0 bridgehead atoms. The van der Waals surface area contributed by atoms with Crippen LogP contribution >= 0.6 is 11.3 Å². The Morgan fingerprint density at radius 1 is 1.39 bits per heavy atom. The minimum absolute atomic E-state index is 0.344. The molecule has 2 aromatic heterocycles. The van der Waals surface area contributed by atoms with Crippen molar-refractivity contribution in [3.63, 3.8) is 0 Å². The van der Waals surface area contributed by atoms with E-state index in [1.165, 1.54) is 17.7 Å². The largest absolute Gasteiger partial charge is 0.459 e. The molecule has 1 saturated carbocycles. The van der Waals surface area contributed by atoms with Gasteiger partial charge in [-0.25, -0.2) is 4.98 Å². The molecule has 0 unspecified atom stereocenters. The first-order valence-electron chi connectivity index (χ1n) is 6.34. The summed E-state index contributed by atoms with van der Waals surface area (Å²) in [6.45, 7) is 5.13. The molecule has 18 heavy (non-hydrogen) atoms. The molecule has 1 aliphatic carbocycles. The van der Waals surface area contributed by atoms with Crippen molar-refractivity contribution in [2.75, 3.05) is 13.6 Å². The van der Waals surface area contributed by atoms with Crippen LogP contribution in [0.1, 0.15) is 29.2 Å². The van der Waals surface area contributed by atoms with E-state index >= 15 is 0 Å². The van der Waals surface area contributed by atoms with Gasteiger partial charge in [0, 0.05) is 16.8 Å². The molecule has 96 valence electrons. The summed E-state index contributed by atoms with van der Waals surface area (Å²) in [5.41, 5.74) is 1.51. The van der Waals surface area contributed by atoms with Crippen molar-refractivity contribution in [2.45, 2.75) is 32.1 Å². The molecule has 1 fully saturated rings. The molecule has 0 saturated heterocycles. The second kappa shape index (κ2) is 4.21. The van der Waals surface area contributed by atoms with Crippen LogP contribution in [0, 0.1) is 13.8 Å². The molecular weight excluding hydrogens is 244 g/mol. The molecule has 0 atom stereocenters. The molecule has 0 aromatic carbocycles. The normalized spacial score (nSPS) is 17.1. The summed E-state index contributed by atoms with van der Waals surface area (Å²) in [5.74, 6) is 1.84. The van der Waals surface area contributed by atoms with Crippen LogP contribution in [0.2, 0.25) is 0 Å². The van der Waals surface area contributed by atoms with Gasteiger partial charge in [0.25, 0.3) is 0 Å². The molecule has 0 radical (unpaired) electrons. The van der Waals surface area contributed by atoms with Crippen LogP contribution in [-0.4, -0.2) is 18.6 Å². The first-order valence-corrected chi connectivity index (χ1v) is 7.16. The Labute approximate surface area is 111 Å². The third kappa shape index (κ3) is 1.89. The van der Waals surface area contributed by atoms with Crippen LogP contribution in [0.5, 0.6) is 0 Å². The van der Waals surface area contributed by atoms with Crippen LogP contribution in [0.25, 0.3) is 10.8 Å². The van der Waals surface area contributed by atoms with Crippen LogP contribution in [-0.2, 0) is 5.41 Å². The number of aryl methyl sites for hydroxylation is 2. The van der Waals surface area contributed by atoms with Gasteiger partial charge in [0.15, 0.2) is 10.8 Å². The number of hydrogen-bond acceptors (Lipinski definition) is 4. The van der Waals surface area contributed by atoms with E-state index in [1.54, 1.807) is 11.3 Å². The van der Waals surface area contributed by atoms with E-state index in [1.807, 2.05) is 26.1 Å².